The van der Waals surface area contributed by atoms with Crippen LogP contribution in [0.2, 0.25) is 0 Å². The van der Waals surface area contributed by atoms with E-state index < -0.39 is 6.10 Å². The third kappa shape index (κ3) is 4.03. The van der Waals surface area contributed by atoms with E-state index in [2.05, 4.69) is 10.3 Å². The molecule has 2 N–H and O–H groups in total. The number of nitrogens with zero attached hydrogens (tertiary/aromatic N) is 1. The lowest BCUT2D eigenvalue weighted by atomic mass is 10.1. The van der Waals surface area contributed by atoms with E-state index in [9.17, 15) is 9.90 Å². The molecule has 0 fully saturated rings. The van der Waals surface area contributed by atoms with E-state index in [0.717, 1.165) is 16.1 Å². The summed E-state index contributed by atoms with van der Waals surface area (Å²) in [5, 5.41) is 15.7. The molecule has 3 aromatic rings. The van der Waals surface area contributed by atoms with Gasteiger partial charge in [0.1, 0.15) is 5.01 Å². The lowest BCUT2D eigenvalue weighted by Gasteiger charge is -2.11. The minimum atomic E-state index is -0.800. The summed E-state index contributed by atoms with van der Waals surface area (Å²) in [4.78, 5) is 16.3. The van der Waals surface area contributed by atoms with Crippen LogP contribution in [0.25, 0.3) is 10.6 Å². The molecule has 1 heterocycles. The summed E-state index contributed by atoms with van der Waals surface area (Å²) < 4.78 is 0. The lowest BCUT2D eigenvalue weighted by molar-refractivity contribution is -0.118. The lowest BCUT2D eigenvalue weighted by Crippen LogP contribution is -2.15. The van der Waals surface area contributed by atoms with Gasteiger partial charge in [0, 0.05) is 22.8 Å². The van der Waals surface area contributed by atoms with E-state index in [4.69, 9.17) is 0 Å². The predicted octanol–water partition coefficient (Wildman–Crippen LogP) is 3.87. The second-order valence-corrected chi connectivity index (χ2v) is 5.99. The Morgan fingerprint density at radius 1 is 1.13 bits per heavy atom. The number of rotatable bonds is 5. The summed E-state index contributed by atoms with van der Waals surface area (Å²) in [7, 11) is 0. The zero-order valence-electron chi connectivity index (χ0n) is 12.3. The fraction of sp³-hybridized carbons (Fsp3) is 0.111. The maximum atomic E-state index is 12.0. The normalized spacial score (nSPS) is 11.9. The SMILES string of the molecule is O=C(CC(O)c1ccccc1)Nc1ccc(-c2nccs2)cc1. The van der Waals surface area contributed by atoms with Crippen molar-refractivity contribution in [2.45, 2.75) is 12.5 Å². The monoisotopic (exact) mass is 324 g/mol. The molecule has 0 bridgehead atoms. The molecular formula is C18H16N2O2S. The van der Waals surface area contributed by atoms with E-state index in [1.807, 2.05) is 47.8 Å². The largest absolute Gasteiger partial charge is 0.388 e. The number of carbonyl (C=O) groups excluding carboxylic acids is 1. The molecule has 0 saturated heterocycles. The Bertz CT molecular complexity index is 755. The quantitative estimate of drug-likeness (QED) is 0.749. The number of carbonyl (C=O) groups is 1. The van der Waals surface area contributed by atoms with Crippen LogP contribution in [0.3, 0.4) is 0 Å². The number of aliphatic hydroxyl groups is 1. The Balaban J connectivity index is 1.60. The van der Waals surface area contributed by atoms with Crippen molar-refractivity contribution >= 4 is 22.9 Å². The zero-order chi connectivity index (χ0) is 16.1. The molecule has 0 aliphatic rings. The van der Waals surface area contributed by atoms with E-state index in [1.54, 1.807) is 29.7 Å². The van der Waals surface area contributed by atoms with Crippen LogP contribution in [0.1, 0.15) is 18.1 Å². The Morgan fingerprint density at radius 3 is 2.52 bits per heavy atom. The van der Waals surface area contributed by atoms with Gasteiger partial charge in [0.15, 0.2) is 0 Å². The van der Waals surface area contributed by atoms with Crippen LogP contribution in [0, 0.1) is 0 Å². The molecule has 2 aromatic carbocycles. The van der Waals surface area contributed by atoms with Crippen molar-refractivity contribution in [1.82, 2.24) is 4.98 Å². The molecule has 23 heavy (non-hydrogen) atoms. The third-order valence-electron chi connectivity index (χ3n) is 3.41. The summed E-state index contributed by atoms with van der Waals surface area (Å²) in [6.07, 6.45) is 0.990. The second kappa shape index (κ2) is 7.17. The van der Waals surface area contributed by atoms with Crippen molar-refractivity contribution in [2.75, 3.05) is 5.32 Å². The first-order chi connectivity index (χ1) is 11.2. The molecule has 0 aliphatic heterocycles. The number of hydrogen-bond acceptors (Lipinski definition) is 4. The van der Waals surface area contributed by atoms with Gasteiger partial charge >= 0.3 is 0 Å². The number of amides is 1. The molecule has 3 rings (SSSR count). The van der Waals surface area contributed by atoms with Gasteiger partial charge in [-0.3, -0.25) is 4.79 Å². The van der Waals surface area contributed by atoms with Crippen molar-refractivity contribution in [3.63, 3.8) is 0 Å². The Kier molecular flexibility index (Phi) is 4.80. The number of hydrogen-bond donors (Lipinski definition) is 2. The summed E-state index contributed by atoms with van der Waals surface area (Å²) in [6, 6.07) is 16.7. The van der Waals surface area contributed by atoms with Gasteiger partial charge in [-0.2, -0.15) is 0 Å². The molecule has 1 amide bonds. The van der Waals surface area contributed by atoms with Crippen molar-refractivity contribution in [2.24, 2.45) is 0 Å². The Labute approximate surface area is 138 Å². The standard InChI is InChI=1S/C18H16N2O2S/c21-16(13-4-2-1-3-5-13)12-17(22)20-15-8-6-14(7-9-15)18-19-10-11-23-18/h1-11,16,21H,12H2,(H,20,22). The molecule has 116 valence electrons. The number of anilines is 1. The van der Waals surface area contributed by atoms with Crippen LogP contribution in [0.5, 0.6) is 0 Å². The van der Waals surface area contributed by atoms with Gasteiger partial charge < -0.3 is 10.4 Å². The molecular weight excluding hydrogens is 308 g/mol. The summed E-state index contributed by atoms with van der Waals surface area (Å²) in [5.74, 6) is -0.219. The second-order valence-electron chi connectivity index (χ2n) is 5.09. The molecule has 0 aliphatic carbocycles. The molecule has 1 aromatic heterocycles. The van der Waals surface area contributed by atoms with E-state index in [1.165, 1.54) is 0 Å². The van der Waals surface area contributed by atoms with Crippen LogP contribution in [0.4, 0.5) is 5.69 Å². The molecule has 1 unspecified atom stereocenters. The maximum Gasteiger partial charge on any atom is 0.227 e. The molecule has 0 spiro atoms. The van der Waals surface area contributed by atoms with Crippen LogP contribution >= 0.6 is 11.3 Å². The zero-order valence-corrected chi connectivity index (χ0v) is 13.2. The van der Waals surface area contributed by atoms with Gasteiger partial charge in [-0.1, -0.05) is 30.3 Å². The summed E-state index contributed by atoms with van der Waals surface area (Å²) in [6.45, 7) is 0. The highest BCUT2D eigenvalue weighted by Crippen LogP contribution is 2.23. The Hall–Kier alpha value is -2.50. The van der Waals surface area contributed by atoms with E-state index in [-0.39, 0.29) is 12.3 Å². The van der Waals surface area contributed by atoms with Crippen LogP contribution < -0.4 is 5.32 Å². The maximum absolute atomic E-state index is 12.0. The third-order valence-corrected chi connectivity index (χ3v) is 4.23. The van der Waals surface area contributed by atoms with E-state index in [0.29, 0.717) is 5.69 Å². The molecule has 4 nitrogen and oxygen atoms in total. The highest BCUT2D eigenvalue weighted by molar-refractivity contribution is 7.13. The van der Waals surface area contributed by atoms with Gasteiger partial charge in [-0.05, 0) is 29.8 Å². The van der Waals surface area contributed by atoms with Crippen LogP contribution in [-0.4, -0.2) is 16.0 Å². The number of aromatic nitrogens is 1. The average Bonchev–Trinajstić information content (AvgIpc) is 3.11. The average molecular weight is 324 g/mol. The van der Waals surface area contributed by atoms with Gasteiger partial charge in [0.25, 0.3) is 0 Å². The predicted molar refractivity (Wildman–Crippen MR) is 92.2 cm³/mol. The number of aliphatic hydroxyl groups excluding tert-OH is 1. The fourth-order valence-corrected chi connectivity index (χ4v) is 2.89. The van der Waals surface area contributed by atoms with Gasteiger partial charge in [-0.25, -0.2) is 4.98 Å². The van der Waals surface area contributed by atoms with E-state index >= 15 is 0 Å². The highest BCUT2D eigenvalue weighted by Gasteiger charge is 2.13. The highest BCUT2D eigenvalue weighted by atomic mass is 32.1. The topological polar surface area (TPSA) is 62.2 Å². The van der Waals surface area contributed by atoms with Crippen LogP contribution in [0.15, 0.2) is 66.2 Å². The van der Waals surface area contributed by atoms with Crippen molar-refractivity contribution in [3.05, 3.63) is 71.7 Å². The Morgan fingerprint density at radius 2 is 1.87 bits per heavy atom. The van der Waals surface area contributed by atoms with Crippen LogP contribution in [-0.2, 0) is 4.79 Å². The molecule has 0 saturated carbocycles. The first-order valence-corrected chi connectivity index (χ1v) is 8.13. The number of benzene rings is 2. The minimum Gasteiger partial charge on any atom is -0.388 e. The molecule has 1 atom stereocenters. The summed E-state index contributed by atoms with van der Waals surface area (Å²) in [5.41, 5.74) is 2.46. The van der Waals surface area contributed by atoms with Crippen molar-refractivity contribution < 1.29 is 9.90 Å². The number of nitrogens with one attached hydrogen (secondary N) is 1. The first-order valence-electron chi connectivity index (χ1n) is 7.25. The summed E-state index contributed by atoms with van der Waals surface area (Å²) >= 11 is 1.57. The smallest absolute Gasteiger partial charge is 0.227 e. The van der Waals surface area contributed by atoms with Gasteiger partial charge in [0.2, 0.25) is 5.91 Å². The first kappa shape index (κ1) is 15.4. The van der Waals surface area contributed by atoms with Gasteiger partial charge in [-0.15, -0.1) is 11.3 Å². The number of thiazole rings is 1. The van der Waals surface area contributed by atoms with Gasteiger partial charge in [0.05, 0.1) is 12.5 Å². The minimum absolute atomic E-state index is 0.0260. The van der Waals surface area contributed by atoms with Crippen molar-refractivity contribution in [3.8, 4) is 10.6 Å². The molecule has 0 radical (unpaired) electrons. The fourth-order valence-electron chi connectivity index (χ4n) is 2.24. The molecule has 5 heteroatoms. The van der Waals surface area contributed by atoms with Crippen molar-refractivity contribution in [1.29, 1.82) is 0 Å².